The van der Waals surface area contributed by atoms with E-state index in [2.05, 4.69) is 6.58 Å². The first-order chi connectivity index (χ1) is 10.7. The third-order valence-electron chi connectivity index (χ3n) is 3.73. The van der Waals surface area contributed by atoms with Gasteiger partial charge in [0.1, 0.15) is 6.61 Å². The molecule has 0 spiro atoms. The summed E-state index contributed by atoms with van der Waals surface area (Å²) in [5, 5.41) is 0. The third-order valence-corrected chi connectivity index (χ3v) is 3.73. The maximum atomic E-state index is 12.6. The van der Waals surface area contributed by atoms with Crippen LogP contribution >= 0.6 is 0 Å². The van der Waals surface area contributed by atoms with Crippen molar-refractivity contribution in [2.75, 3.05) is 11.5 Å². The molecule has 0 aromatic heterocycles. The average molecular weight is 300 g/mol. The Hall–Kier alpha value is -2.10. The summed E-state index contributed by atoms with van der Waals surface area (Å²) >= 11 is 0. The number of anilines is 1. The minimum absolute atomic E-state index is 0.0893. The van der Waals surface area contributed by atoms with Gasteiger partial charge in [-0.05, 0) is 30.9 Å². The first-order valence-electron chi connectivity index (χ1n) is 7.71. The lowest BCUT2D eigenvalue weighted by Gasteiger charge is -2.25. The van der Waals surface area contributed by atoms with Gasteiger partial charge in [-0.2, -0.15) is 0 Å². The van der Waals surface area contributed by atoms with Gasteiger partial charge in [0.25, 0.3) is 0 Å². The van der Waals surface area contributed by atoms with Crippen LogP contribution in [-0.4, -0.2) is 18.6 Å². The Bertz CT molecular complexity index is 506. The van der Waals surface area contributed by atoms with E-state index in [9.17, 15) is 9.59 Å². The van der Waals surface area contributed by atoms with E-state index < -0.39 is 6.09 Å². The first kappa shape index (κ1) is 16.3. The fourth-order valence-electron chi connectivity index (χ4n) is 2.64. The molecule has 1 radical (unpaired) electrons. The number of nitrogens with zero attached hydrogens (tertiary/aromatic N) is 1. The number of para-hydroxylation sites is 1. The largest absolute Gasteiger partial charge is 0.445 e. The molecule has 2 rings (SSSR count). The van der Waals surface area contributed by atoms with E-state index in [0.29, 0.717) is 12.1 Å². The zero-order chi connectivity index (χ0) is 15.8. The van der Waals surface area contributed by atoms with Crippen molar-refractivity contribution in [1.29, 1.82) is 0 Å². The molecule has 0 atom stereocenters. The molecule has 1 aliphatic carbocycles. The summed E-state index contributed by atoms with van der Waals surface area (Å²) in [5.74, 6) is 1.01. The standard InChI is InChI=1S/C18H22NO3/c1-2-13-22-18(21)19(16-11-7-4-8-12-16)17(20)14-15-9-5-3-6-10-15/h2,4,7-8,11-12H,1,3,5-6,9-10,13-14H2. The number of carbonyl (C=O) groups excluding carboxylic acids is 2. The molecule has 4 heteroatoms. The molecule has 1 aromatic carbocycles. The Balaban J connectivity index is 2.10. The first-order valence-corrected chi connectivity index (χ1v) is 7.71. The van der Waals surface area contributed by atoms with Crippen LogP contribution in [0.4, 0.5) is 10.5 Å². The van der Waals surface area contributed by atoms with Gasteiger partial charge < -0.3 is 4.74 Å². The lowest BCUT2D eigenvalue weighted by atomic mass is 9.86. The van der Waals surface area contributed by atoms with E-state index in [0.717, 1.165) is 30.6 Å². The minimum atomic E-state index is -0.646. The maximum absolute atomic E-state index is 12.6. The summed E-state index contributed by atoms with van der Waals surface area (Å²) < 4.78 is 5.06. The van der Waals surface area contributed by atoms with Crippen LogP contribution in [0.15, 0.2) is 43.0 Å². The van der Waals surface area contributed by atoms with Crippen LogP contribution in [0.2, 0.25) is 0 Å². The van der Waals surface area contributed by atoms with E-state index in [-0.39, 0.29) is 12.5 Å². The molecule has 1 saturated carbocycles. The summed E-state index contributed by atoms with van der Waals surface area (Å²) in [6.45, 7) is 3.61. The second-order valence-corrected chi connectivity index (χ2v) is 5.42. The molecular weight excluding hydrogens is 278 g/mol. The molecule has 117 valence electrons. The number of amides is 2. The Kier molecular flexibility index (Phi) is 6.19. The molecule has 1 fully saturated rings. The van der Waals surface area contributed by atoms with Gasteiger partial charge in [-0.3, -0.25) is 4.79 Å². The van der Waals surface area contributed by atoms with Gasteiger partial charge >= 0.3 is 6.09 Å². The molecule has 1 aliphatic rings. The zero-order valence-corrected chi connectivity index (χ0v) is 12.8. The van der Waals surface area contributed by atoms with E-state index in [1.54, 1.807) is 24.3 Å². The second-order valence-electron chi connectivity index (χ2n) is 5.42. The third kappa shape index (κ3) is 4.45. The molecule has 1 aromatic rings. The number of benzene rings is 1. The number of imide groups is 1. The van der Waals surface area contributed by atoms with Gasteiger partial charge in [-0.15, -0.1) is 0 Å². The van der Waals surface area contributed by atoms with Crippen LogP contribution in [0, 0.1) is 5.92 Å². The number of hydrogen-bond donors (Lipinski definition) is 0. The highest BCUT2D eigenvalue weighted by Gasteiger charge is 2.27. The van der Waals surface area contributed by atoms with Crippen molar-refractivity contribution >= 4 is 17.7 Å². The number of carbonyl (C=O) groups is 2. The predicted octanol–water partition coefficient (Wildman–Crippen LogP) is 4.27. The highest BCUT2D eigenvalue weighted by Crippen LogP contribution is 2.29. The average Bonchev–Trinajstić information content (AvgIpc) is 2.55. The maximum Gasteiger partial charge on any atom is 0.421 e. The normalized spacial score (nSPS) is 15.1. The van der Waals surface area contributed by atoms with Crippen molar-refractivity contribution in [3.05, 3.63) is 48.9 Å². The molecule has 0 heterocycles. The Morgan fingerprint density at radius 3 is 2.45 bits per heavy atom. The summed E-state index contributed by atoms with van der Waals surface area (Å²) in [4.78, 5) is 25.9. The van der Waals surface area contributed by atoms with E-state index in [1.165, 1.54) is 18.4 Å². The molecular formula is C18H22NO3. The minimum Gasteiger partial charge on any atom is -0.445 e. The molecule has 0 unspecified atom stereocenters. The van der Waals surface area contributed by atoms with Crippen molar-refractivity contribution in [2.45, 2.75) is 38.5 Å². The summed E-state index contributed by atoms with van der Waals surface area (Å²) in [6, 6.07) is 8.91. The Labute approximate surface area is 131 Å². The van der Waals surface area contributed by atoms with Gasteiger partial charge in [-0.1, -0.05) is 50.1 Å². The molecule has 4 nitrogen and oxygen atoms in total. The lowest BCUT2D eigenvalue weighted by molar-refractivity contribution is -0.118. The molecule has 2 amide bonds. The quantitative estimate of drug-likeness (QED) is 0.763. The number of rotatable bonds is 5. The molecule has 22 heavy (non-hydrogen) atoms. The van der Waals surface area contributed by atoms with Gasteiger partial charge in [0, 0.05) is 6.42 Å². The molecule has 0 aliphatic heterocycles. The van der Waals surface area contributed by atoms with Gasteiger partial charge in [0.2, 0.25) is 5.91 Å². The SMILES string of the molecule is C=CCOC(=O)N(C(=O)C[C]1CCCCC1)c1ccccc1. The van der Waals surface area contributed by atoms with E-state index in [1.807, 2.05) is 6.07 Å². The van der Waals surface area contributed by atoms with Gasteiger partial charge in [0.05, 0.1) is 5.69 Å². The van der Waals surface area contributed by atoms with Crippen LogP contribution in [0.5, 0.6) is 0 Å². The van der Waals surface area contributed by atoms with Crippen LogP contribution in [-0.2, 0) is 9.53 Å². The van der Waals surface area contributed by atoms with Crippen molar-refractivity contribution in [3.63, 3.8) is 0 Å². The molecule has 0 N–H and O–H groups in total. The molecule has 0 saturated heterocycles. The Morgan fingerprint density at radius 1 is 1.14 bits per heavy atom. The van der Waals surface area contributed by atoms with Crippen LogP contribution in [0.25, 0.3) is 0 Å². The fourth-order valence-corrected chi connectivity index (χ4v) is 2.64. The number of ether oxygens (including phenoxy) is 1. The van der Waals surface area contributed by atoms with E-state index in [4.69, 9.17) is 4.74 Å². The lowest BCUT2D eigenvalue weighted by Crippen LogP contribution is -2.38. The zero-order valence-electron chi connectivity index (χ0n) is 12.8. The summed E-state index contributed by atoms with van der Waals surface area (Å²) in [5.41, 5.74) is 0.540. The van der Waals surface area contributed by atoms with Crippen molar-refractivity contribution in [2.24, 2.45) is 0 Å². The fraction of sp³-hybridized carbons (Fsp3) is 0.389. The van der Waals surface area contributed by atoms with Crippen molar-refractivity contribution < 1.29 is 14.3 Å². The number of hydrogen-bond acceptors (Lipinski definition) is 3. The van der Waals surface area contributed by atoms with Crippen LogP contribution in [0.1, 0.15) is 38.5 Å². The Morgan fingerprint density at radius 2 is 1.82 bits per heavy atom. The smallest absolute Gasteiger partial charge is 0.421 e. The highest BCUT2D eigenvalue weighted by atomic mass is 16.6. The van der Waals surface area contributed by atoms with Crippen LogP contribution in [0.3, 0.4) is 0 Å². The van der Waals surface area contributed by atoms with Gasteiger partial charge in [-0.25, -0.2) is 9.69 Å². The summed E-state index contributed by atoms with van der Waals surface area (Å²) in [6.07, 6.45) is 6.61. The second kappa shape index (κ2) is 8.37. The predicted molar refractivity (Wildman–Crippen MR) is 86.4 cm³/mol. The highest BCUT2D eigenvalue weighted by molar-refractivity contribution is 6.12. The van der Waals surface area contributed by atoms with Crippen molar-refractivity contribution in [1.82, 2.24) is 0 Å². The topological polar surface area (TPSA) is 46.6 Å². The van der Waals surface area contributed by atoms with Gasteiger partial charge in [0.15, 0.2) is 0 Å². The monoisotopic (exact) mass is 300 g/mol. The summed E-state index contributed by atoms with van der Waals surface area (Å²) in [7, 11) is 0. The van der Waals surface area contributed by atoms with Crippen molar-refractivity contribution in [3.8, 4) is 0 Å². The molecule has 0 bridgehead atoms. The van der Waals surface area contributed by atoms with Crippen LogP contribution < -0.4 is 4.90 Å². The van der Waals surface area contributed by atoms with E-state index >= 15 is 0 Å².